The lowest BCUT2D eigenvalue weighted by molar-refractivity contribution is -0.104. The molecule has 0 radical (unpaired) electrons. The summed E-state index contributed by atoms with van der Waals surface area (Å²) in [5, 5.41) is 1.28. The number of carbonyl (C=O) groups excluding carboxylic acids is 1. The van der Waals surface area contributed by atoms with Crippen LogP contribution in [0.2, 0.25) is 0 Å². The minimum Gasteiger partial charge on any atom is -0.334 e. The van der Waals surface area contributed by atoms with Crippen LogP contribution in [0.4, 0.5) is 4.39 Å². The van der Waals surface area contributed by atoms with Crippen LogP contribution in [-0.4, -0.2) is 24.6 Å². The SMILES string of the molecule is CN=CN(/C=C(/P)C=O)Cc1cc(F)cc(P)c1. The standard InChI is InChI=1S/C12H15FN2OP2/c1-14-8-15(6-12(18)7-16)5-9-2-10(13)4-11(17)3-9/h2-4,6-8H,5,17-18H2,1H3/b12-6+,14-8?. The Kier molecular flexibility index (Phi) is 6.11. The van der Waals surface area contributed by atoms with Crippen LogP contribution in [0, 0.1) is 5.82 Å². The molecule has 0 aliphatic rings. The van der Waals surface area contributed by atoms with Gasteiger partial charge in [0.25, 0.3) is 0 Å². The molecule has 18 heavy (non-hydrogen) atoms. The summed E-state index contributed by atoms with van der Waals surface area (Å²) in [6.07, 6.45) is 3.95. The molecule has 1 aromatic rings. The maximum Gasteiger partial charge on any atom is 0.151 e. The molecular formula is C12H15FN2OP2. The highest BCUT2D eigenvalue weighted by atomic mass is 31.0. The van der Waals surface area contributed by atoms with E-state index in [1.165, 1.54) is 12.1 Å². The molecule has 1 aromatic carbocycles. The van der Waals surface area contributed by atoms with Crippen LogP contribution in [0.25, 0.3) is 0 Å². The van der Waals surface area contributed by atoms with Crippen molar-refractivity contribution in [3.8, 4) is 0 Å². The average molecular weight is 284 g/mol. The molecule has 0 saturated carbocycles. The number of aliphatic imine (C=N–C) groups is 1. The number of allylic oxidation sites excluding steroid dienone is 1. The lowest BCUT2D eigenvalue weighted by Crippen LogP contribution is -2.16. The fourth-order valence-electron chi connectivity index (χ4n) is 1.47. The summed E-state index contributed by atoms with van der Waals surface area (Å²) >= 11 is 0. The van der Waals surface area contributed by atoms with Gasteiger partial charge >= 0.3 is 0 Å². The van der Waals surface area contributed by atoms with E-state index >= 15 is 0 Å². The van der Waals surface area contributed by atoms with Crippen molar-refractivity contribution in [3.63, 3.8) is 0 Å². The Morgan fingerprint density at radius 2 is 2.22 bits per heavy atom. The van der Waals surface area contributed by atoms with Crippen LogP contribution in [0.1, 0.15) is 5.56 Å². The van der Waals surface area contributed by atoms with E-state index < -0.39 is 0 Å². The lowest BCUT2D eigenvalue weighted by Gasteiger charge is -2.15. The van der Waals surface area contributed by atoms with E-state index in [0.29, 0.717) is 11.9 Å². The number of carbonyl (C=O) groups is 1. The number of hydrogen-bond donors (Lipinski definition) is 0. The quantitative estimate of drug-likeness (QED) is 0.271. The van der Waals surface area contributed by atoms with Crippen molar-refractivity contribution < 1.29 is 9.18 Å². The van der Waals surface area contributed by atoms with E-state index in [1.54, 1.807) is 24.5 Å². The predicted octanol–water partition coefficient (Wildman–Crippen LogP) is 1.70. The second-order valence-electron chi connectivity index (χ2n) is 3.69. The van der Waals surface area contributed by atoms with E-state index in [-0.39, 0.29) is 5.82 Å². The zero-order valence-electron chi connectivity index (χ0n) is 10.0. The Labute approximate surface area is 111 Å². The van der Waals surface area contributed by atoms with Gasteiger partial charge in [-0.25, -0.2) is 4.39 Å². The topological polar surface area (TPSA) is 32.7 Å². The zero-order valence-corrected chi connectivity index (χ0v) is 12.3. The van der Waals surface area contributed by atoms with Gasteiger partial charge in [-0.05, 0) is 29.1 Å². The fourth-order valence-corrected chi connectivity index (χ4v) is 2.03. The monoisotopic (exact) mass is 284 g/mol. The van der Waals surface area contributed by atoms with Gasteiger partial charge in [-0.1, -0.05) is 0 Å². The van der Waals surface area contributed by atoms with Gasteiger partial charge < -0.3 is 4.90 Å². The predicted molar refractivity (Wildman–Crippen MR) is 79.6 cm³/mol. The summed E-state index contributed by atoms with van der Waals surface area (Å²) in [5.41, 5.74) is 0.805. The van der Waals surface area contributed by atoms with E-state index in [2.05, 4.69) is 23.5 Å². The first-order valence-corrected chi connectivity index (χ1v) is 6.36. The Morgan fingerprint density at radius 3 is 2.78 bits per heavy atom. The van der Waals surface area contributed by atoms with Crippen molar-refractivity contribution in [2.75, 3.05) is 7.05 Å². The molecule has 0 aromatic heterocycles. The largest absolute Gasteiger partial charge is 0.334 e. The molecule has 0 fully saturated rings. The van der Waals surface area contributed by atoms with Crippen molar-refractivity contribution in [2.24, 2.45) is 4.99 Å². The van der Waals surface area contributed by atoms with Gasteiger partial charge in [-0.15, -0.1) is 18.5 Å². The van der Waals surface area contributed by atoms with E-state index in [4.69, 9.17) is 0 Å². The van der Waals surface area contributed by atoms with Gasteiger partial charge in [-0.2, -0.15) is 0 Å². The van der Waals surface area contributed by atoms with Crippen LogP contribution in [-0.2, 0) is 11.3 Å². The first-order chi connectivity index (χ1) is 8.55. The number of aldehydes is 1. The molecule has 6 heteroatoms. The molecular weight excluding hydrogens is 269 g/mol. The third kappa shape index (κ3) is 5.03. The normalized spacial score (nSPS) is 11.9. The van der Waals surface area contributed by atoms with Crippen molar-refractivity contribution in [1.29, 1.82) is 0 Å². The van der Waals surface area contributed by atoms with Crippen LogP contribution in [0.15, 0.2) is 34.7 Å². The number of hydrogen-bond acceptors (Lipinski definition) is 2. The highest BCUT2D eigenvalue weighted by Gasteiger charge is 2.03. The highest BCUT2D eigenvalue weighted by Crippen LogP contribution is 2.10. The second-order valence-corrected chi connectivity index (χ2v) is 5.02. The first-order valence-electron chi connectivity index (χ1n) is 5.20. The number of nitrogens with zero attached hydrogens (tertiary/aromatic N) is 2. The van der Waals surface area contributed by atoms with E-state index in [9.17, 15) is 9.18 Å². The smallest absolute Gasteiger partial charge is 0.151 e. The third-order valence-corrected chi connectivity index (χ3v) is 2.68. The summed E-state index contributed by atoms with van der Waals surface area (Å²) in [4.78, 5) is 16.2. The fraction of sp³-hybridized carbons (Fsp3) is 0.167. The second kappa shape index (κ2) is 7.35. The molecule has 0 aliphatic heterocycles. The molecule has 2 unspecified atom stereocenters. The maximum atomic E-state index is 13.3. The third-order valence-electron chi connectivity index (χ3n) is 2.06. The van der Waals surface area contributed by atoms with E-state index in [0.717, 1.165) is 17.2 Å². The molecule has 0 amide bonds. The number of benzene rings is 1. The summed E-state index contributed by atoms with van der Waals surface area (Å²) in [6.45, 7) is 0.447. The number of rotatable bonds is 5. The molecule has 2 atom stereocenters. The first kappa shape index (κ1) is 14.9. The summed E-state index contributed by atoms with van der Waals surface area (Å²) in [6, 6.07) is 4.76. The molecule has 0 N–H and O–H groups in total. The number of halogens is 1. The summed E-state index contributed by atoms with van der Waals surface area (Å²) in [7, 11) is 6.42. The molecule has 0 aliphatic carbocycles. The Balaban J connectivity index is 2.92. The van der Waals surface area contributed by atoms with Crippen LogP contribution >= 0.6 is 18.5 Å². The van der Waals surface area contributed by atoms with Crippen LogP contribution in [0.3, 0.4) is 0 Å². The zero-order chi connectivity index (χ0) is 13.5. The minimum absolute atomic E-state index is 0.281. The molecule has 96 valence electrons. The van der Waals surface area contributed by atoms with Gasteiger partial charge in [0.15, 0.2) is 6.29 Å². The van der Waals surface area contributed by atoms with Gasteiger partial charge in [0.2, 0.25) is 0 Å². The Morgan fingerprint density at radius 1 is 1.50 bits per heavy atom. The van der Waals surface area contributed by atoms with Gasteiger partial charge in [0, 0.05) is 25.1 Å². The Bertz CT molecular complexity index is 469. The average Bonchev–Trinajstić information content (AvgIpc) is 2.27. The van der Waals surface area contributed by atoms with Gasteiger partial charge in [-0.3, -0.25) is 9.79 Å². The summed E-state index contributed by atoms with van der Waals surface area (Å²) < 4.78 is 13.3. The molecule has 0 spiro atoms. The molecule has 3 nitrogen and oxygen atoms in total. The molecule has 0 bridgehead atoms. The van der Waals surface area contributed by atoms with Gasteiger partial charge in [0.05, 0.1) is 6.34 Å². The van der Waals surface area contributed by atoms with Crippen molar-refractivity contribution in [1.82, 2.24) is 4.90 Å². The van der Waals surface area contributed by atoms with Crippen LogP contribution < -0.4 is 5.30 Å². The molecule has 1 rings (SSSR count). The van der Waals surface area contributed by atoms with Crippen LogP contribution in [0.5, 0.6) is 0 Å². The maximum absolute atomic E-state index is 13.3. The molecule has 0 heterocycles. The highest BCUT2D eigenvalue weighted by molar-refractivity contribution is 7.27. The van der Waals surface area contributed by atoms with Gasteiger partial charge in [0.1, 0.15) is 5.82 Å². The van der Waals surface area contributed by atoms with Crippen molar-refractivity contribution in [3.05, 3.63) is 41.1 Å². The van der Waals surface area contributed by atoms with Crippen molar-refractivity contribution >= 4 is 36.4 Å². The van der Waals surface area contributed by atoms with Crippen molar-refractivity contribution in [2.45, 2.75) is 6.54 Å². The summed E-state index contributed by atoms with van der Waals surface area (Å²) in [5.74, 6) is -0.281. The molecule has 0 saturated heterocycles. The lowest BCUT2D eigenvalue weighted by atomic mass is 10.2. The minimum atomic E-state index is -0.281. The van der Waals surface area contributed by atoms with E-state index in [1.807, 2.05) is 6.07 Å². The Hall–Kier alpha value is -1.11.